The average Bonchev–Trinajstić information content (AvgIpc) is 3.06. The highest BCUT2D eigenvalue weighted by Gasteiger charge is 2.20. The second-order valence-corrected chi connectivity index (χ2v) is 6.74. The Morgan fingerprint density at radius 2 is 1.96 bits per heavy atom. The van der Waals surface area contributed by atoms with Gasteiger partial charge in [0.2, 0.25) is 0 Å². The van der Waals surface area contributed by atoms with Gasteiger partial charge in [-0.3, -0.25) is 0 Å². The minimum absolute atomic E-state index is 0.0968. The fourth-order valence-electron chi connectivity index (χ4n) is 3.60. The number of rotatable bonds is 3. The zero-order valence-corrected chi connectivity index (χ0v) is 13.9. The van der Waals surface area contributed by atoms with Gasteiger partial charge < -0.3 is 9.88 Å². The van der Waals surface area contributed by atoms with Gasteiger partial charge in [-0.2, -0.15) is 0 Å². The Bertz CT molecular complexity index is 852. The first kappa shape index (κ1) is 15.4. The molecule has 1 aliphatic heterocycles. The third kappa shape index (κ3) is 2.96. The molecule has 1 N–H and O–H groups in total. The summed E-state index contributed by atoms with van der Waals surface area (Å²) in [6.45, 7) is 1.07. The van der Waals surface area contributed by atoms with Crippen molar-refractivity contribution in [3.8, 4) is 11.1 Å². The molecule has 1 saturated heterocycles. The number of nitrogens with zero attached hydrogens (tertiary/aromatic N) is 1. The largest absolute Gasteiger partial charge is 0.361 e. The van der Waals surface area contributed by atoms with Gasteiger partial charge in [-0.1, -0.05) is 12.1 Å². The summed E-state index contributed by atoms with van der Waals surface area (Å²) in [6, 6.07) is 14.3. The van der Waals surface area contributed by atoms with E-state index in [2.05, 4.69) is 47.6 Å². The molecule has 0 amide bonds. The summed E-state index contributed by atoms with van der Waals surface area (Å²) in [5.41, 5.74) is 4.15. The fraction of sp³-hybridized carbons (Fsp3) is 0.286. The van der Waals surface area contributed by atoms with E-state index in [-0.39, 0.29) is 5.82 Å². The first-order valence-electron chi connectivity index (χ1n) is 8.58. The van der Waals surface area contributed by atoms with Gasteiger partial charge in [0.25, 0.3) is 0 Å². The Kier molecular flexibility index (Phi) is 4.11. The van der Waals surface area contributed by atoms with E-state index in [0.29, 0.717) is 6.04 Å². The fourth-order valence-corrected chi connectivity index (χ4v) is 3.60. The molecule has 3 aromatic rings. The number of benzene rings is 2. The van der Waals surface area contributed by atoms with Crippen LogP contribution in [0.25, 0.3) is 22.0 Å². The molecule has 123 valence electrons. The number of likely N-dealkylation sites (tertiary alicyclic amines) is 1. The van der Waals surface area contributed by atoms with Crippen molar-refractivity contribution < 1.29 is 4.39 Å². The monoisotopic (exact) mass is 321 g/mol. The highest BCUT2D eigenvalue weighted by Crippen LogP contribution is 2.27. The zero-order chi connectivity index (χ0) is 16.5. The molecular weight excluding hydrogens is 299 g/mol. The standard InChI is InChI=1S/C21H22FN2/c1-24-11-3-2-4-19(24)14-18-13-15(5-7-20(18)22)16-6-8-21-17(12-16)9-10-23-21/h2,5-10,12-13,19,23H,3-4,11,14H2,1H3. The molecule has 3 heteroatoms. The lowest BCUT2D eigenvalue weighted by molar-refractivity contribution is 0.211. The number of nitrogens with one attached hydrogen (secondary N) is 1. The van der Waals surface area contributed by atoms with Crippen molar-refractivity contribution in [2.75, 3.05) is 13.6 Å². The van der Waals surface area contributed by atoms with Crippen LogP contribution in [0, 0.1) is 12.2 Å². The van der Waals surface area contributed by atoms with Crippen LogP contribution in [-0.4, -0.2) is 29.5 Å². The van der Waals surface area contributed by atoms with Crippen LogP contribution in [0.5, 0.6) is 0 Å². The molecule has 2 aromatic carbocycles. The Morgan fingerprint density at radius 3 is 2.83 bits per heavy atom. The van der Waals surface area contributed by atoms with E-state index in [0.717, 1.165) is 48.0 Å². The predicted molar refractivity (Wildman–Crippen MR) is 97.3 cm³/mol. The minimum Gasteiger partial charge on any atom is -0.361 e. The average molecular weight is 321 g/mol. The van der Waals surface area contributed by atoms with Gasteiger partial charge in [-0.05, 0) is 91.7 Å². The molecule has 0 saturated carbocycles. The molecule has 4 rings (SSSR count). The number of hydrogen-bond acceptors (Lipinski definition) is 1. The van der Waals surface area contributed by atoms with Crippen LogP contribution in [0.2, 0.25) is 0 Å². The van der Waals surface area contributed by atoms with Crippen molar-refractivity contribution in [2.24, 2.45) is 0 Å². The highest BCUT2D eigenvalue weighted by molar-refractivity contribution is 5.85. The Hall–Kier alpha value is -2.13. The predicted octanol–water partition coefficient (Wildman–Crippen LogP) is 4.81. The maximum atomic E-state index is 14.3. The Balaban J connectivity index is 1.65. The second kappa shape index (κ2) is 6.40. The van der Waals surface area contributed by atoms with E-state index in [9.17, 15) is 4.39 Å². The second-order valence-electron chi connectivity index (χ2n) is 6.74. The van der Waals surface area contributed by atoms with Crippen LogP contribution in [0.1, 0.15) is 18.4 Å². The first-order chi connectivity index (χ1) is 11.7. The summed E-state index contributed by atoms with van der Waals surface area (Å²) in [5.74, 6) is -0.0968. The van der Waals surface area contributed by atoms with Gasteiger partial charge in [0, 0.05) is 17.8 Å². The lowest BCUT2D eigenvalue weighted by Gasteiger charge is -2.32. The smallest absolute Gasteiger partial charge is 0.126 e. The quantitative estimate of drug-likeness (QED) is 0.733. The van der Waals surface area contributed by atoms with E-state index >= 15 is 0 Å². The maximum Gasteiger partial charge on any atom is 0.126 e. The van der Waals surface area contributed by atoms with Crippen molar-refractivity contribution in [1.82, 2.24) is 9.88 Å². The molecule has 1 atom stereocenters. The van der Waals surface area contributed by atoms with Gasteiger partial charge in [-0.25, -0.2) is 4.39 Å². The third-order valence-corrected chi connectivity index (χ3v) is 5.14. The van der Waals surface area contributed by atoms with E-state index in [1.807, 2.05) is 18.3 Å². The number of H-pyrrole nitrogens is 1. The van der Waals surface area contributed by atoms with Gasteiger partial charge in [-0.15, -0.1) is 0 Å². The van der Waals surface area contributed by atoms with Crippen LogP contribution >= 0.6 is 0 Å². The van der Waals surface area contributed by atoms with Gasteiger partial charge in [0.1, 0.15) is 5.82 Å². The summed E-state index contributed by atoms with van der Waals surface area (Å²) < 4.78 is 14.3. The molecule has 2 nitrogen and oxygen atoms in total. The van der Waals surface area contributed by atoms with Crippen LogP contribution in [0.15, 0.2) is 48.7 Å². The number of likely N-dealkylation sites (N-methyl/N-ethyl adjacent to an activating group) is 1. The highest BCUT2D eigenvalue weighted by atomic mass is 19.1. The molecule has 2 heterocycles. The number of hydrogen-bond donors (Lipinski definition) is 1. The van der Waals surface area contributed by atoms with Gasteiger partial charge >= 0.3 is 0 Å². The van der Waals surface area contributed by atoms with Crippen LogP contribution in [0.3, 0.4) is 0 Å². The molecule has 1 radical (unpaired) electrons. The van der Waals surface area contributed by atoms with Gasteiger partial charge in [0.05, 0.1) is 0 Å². The van der Waals surface area contributed by atoms with Crippen molar-refractivity contribution in [3.63, 3.8) is 0 Å². The van der Waals surface area contributed by atoms with E-state index in [4.69, 9.17) is 0 Å². The molecule has 1 fully saturated rings. The van der Waals surface area contributed by atoms with Crippen LogP contribution < -0.4 is 0 Å². The summed E-state index contributed by atoms with van der Waals surface area (Å²) >= 11 is 0. The third-order valence-electron chi connectivity index (χ3n) is 5.14. The van der Waals surface area contributed by atoms with E-state index < -0.39 is 0 Å². The molecule has 0 spiro atoms. The lowest BCUT2D eigenvalue weighted by Crippen LogP contribution is -2.38. The Labute approximate surface area is 142 Å². The summed E-state index contributed by atoms with van der Waals surface area (Å²) in [6.07, 6.45) is 7.20. The molecular formula is C21H22FN2. The molecule has 0 bridgehead atoms. The molecule has 1 aromatic heterocycles. The lowest BCUT2D eigenvalue weighted by atomic mass is 9.93. The molecule has 0 aliphatic carbocycles. The number of fused-ring (bicyclic) bond motifs is 1. The Morgan fingerprint density at radius 1 is 1.12 bits per heavy atom. The van der Waals surface area contributed by atoms with Crippen molar-refractivity contribution in [3.05, 3.63) is 66.5 Å². The van der Waals surface area contributed by atoms with Gasteiger partial charge in [0.15, 0.2) is 0 Å². The SMILES string of the molecule is CN1CC[CH]CC1Cc1cc(-c2ccc3[nH]ccc3c2)ccc1F. The minimum atomic E-state index is -0.0968. The normalized spacial score (nSPS) is 19.0. The molecule has 24 heavy (non-hydrogen) atoms. The number of aromatic amines is 1. The molecule has 1 unspecified atom stereocenters. The summed E-state index contributed by atoms with van der Waals surface area (Å²) in [4.78, 5) is 5.55. The summed E-state index contributed by atoms with van der Waals surface area (Å²) in [5, 5.41) is 1.18. The molecule has 1 aliphatic rings. The number of piperidine rings is 1. The maximum absolute atomic E-state index is 14.3. The van der Waals surface area contributed by atoms with Crippen LogP contribution in [-0.2, 0) is 6.42 Å². The van der Waals surface area contributed by atoms with Crippen molar-refractivity contribution >= 4 is 10.9 Å². The summed E-state index contributed by atoms with van der Waals surface area (Å²) in [7, 11) is 2.14. The van der Waals surface area contributed by atoms with Crippen molar-refractivity contribution in [1.29, 1.82) is 0 Å². The van der Waals surface area contributed by atoms with E-state index in [1.54, 1.807) is 6.07 Å². The topological polar surface area (TPSA) is 19.0 Å². The van der Waals surface area contributed by atoms with E-state index in [1.165, 1.54) is 5.39 Å². The zero-order valence-electron chi connectivity index (χ0n) is 13.9. The number of aromatic nitrogens is 1. The van der Waals surface area contributed by atoms with Crippen LogP contribution in [0.4, 0.5) is 4.39 Å². The van der Waals surface area contributed by atoms with Crippen molar-refractivity contribution in [2.45, 2.75) is 25.3 Å². The number of halogens is 1. The first-order valence-corrected chi connectivity index (χ1v) is 8.58.